The first-order valence-electron chi connectivity index (χ1n) is 26.5. The van der Waals surface area contributed by atoms with Crippen molar-refractivity contribution < 1.29 is 48.7 Å². The summed E-state index contributed by atoms with van der Waals surface area (Å²) in [4.78, 5) is 44.1. The molecule has 14 nitrogen and oxygen atoms in total. The number of rotatable bonds is 27. The SMILES string of the molecule is O=C(O)CCc1cc(Br)c(OCc2cccc(NCC3CC3)c2Cl)c(Br)c1.O=C(O)CCc1cc(Cl)c(OCc2cccc(NCC3CC3)c2Cl)c(Cl)c1.O=C(O)CNC(=O)c1cc(Br)c(OCc2cccc(NCC3CC3)c2Cl)c(Br)c1. The Labute approximate surface area is 540 Å². The molecule has 9 rings (SSSR count). The lowest BCUT2D eigenvalue weighted by atomic mass is 10.1. The third-order valence-electron chi connectivity index (χ3n) is 13.2. The average molecular weight is 1490 g/mol. The van der Waals surface area contributed by atoms with Crippen molar-refractivity contribution in [2.24, 2.45) is 17.8 Å². The van der Waals surface area contributed by atoms with E-state index in [1.54, 1.807) is 24.3 Å². The number of hydrogen-bond acceptors (Lipinski definition) is 10. The highest BCUT2D eigenvalue weighted by Gasteiger charge is 2.24. The molecule has 23 heteroatoms. The van der Waals surface area contributed by atoms with E-state index in [0.29, 0.717) is 76.3 Å². The van der Waals surface area contributed by atoms with Crippen LogP contribution >= 0.6 is 122 Å². The van der Waals surface area contributed by atoms with Gasteiger partial charge in [-0.25, -0.2) is 0 Å². The summed E-state index contributed by atoms with van der Waals surface area (Å²) < 4.78 is 20.4. The Morgan fingerprint density at radius 1 is 0.470 bits per heavy atom. The van der Waals surface area contributed by atoms with Crippen molar-refractivity contribution in [3.63, 3.8) is 0 Å². The fourth-order valence-corrected chi connectivity index (χ4v) is 12.3. The lowest BCUT2D eigenvalue weighted by Crippen LogP contribution is -2.29. The highest BCUT2D eigenvalue weighted by molar-refractivity contribution is 9.11. The van der Waals surface area contributed by atoms with Crippen LogP contribution < -0.4 is 35.5 Å². The van der Waals surface area contributed by atoms with Crippen molar-refractivity contribution in [2.45, 2.75) is 84.0 Å². The third-order valence-corrected chi connectivity index (χ3v) is 17.5. The Morgan fingerprint density at radius 2 is 0.807 bits per heavy atom. The van der Waals surface area contributed by atoms with E-state index >= 15 is 0 Å². The monoisotopic (exact) mass is 1490 g/mol. The van der Waals surface area contributed by atoms with Crippen LogP contribution in [0.4, 0.5) is 17.1 Å². The van der Waals surface area contributed by atoms with E-state index in [1.807, 2.05) is 66.7 Å². The molecule has 3 fully saturated rings. The van der Waals surface area contributed by atoms with Gasteiger partial charge in [-0.3, -0.25) is 19.2 Å². The number of carboxylic acid groups (broad SMARTS) is 3. The second-order valence-corrected chi connectivity index (χ2v) is 25.5. The molecule has 0 radical (unpaired) electrons. The molecule has 442 valence electrons. The number of amides is 1. The normalized spacial score (nSPS) is 13.3. The van der Waals surface area contributed by atoms with E-state index in [2.05, 4.69) is 85.0 Å². The molecule has 0 heterocycles. The van der Waals surface area contributed by atoms with Gasteiger partial charge in [-0.15, -0.1) is 0 Å². The molecule has 0 saturated heterocycles. The maximum Gasteiger partial charge on any atom is 0.322 e. The minimum absolute atomic E-state index is 0.0170. The summed E-state index contributed by atoms with van der Waals surface area (Å²) in [6.45, 7) is 3.18. The van der Waals surface area contributed by atoms with Gasteiger partial charge in [-0.2, -0.15) is 0 Å². The summed E-state index contributed by atoms with van der Waals surface area (Å²) >= 11 is 45.9. The molecule has 0 spiro atoms. The lowest BCUT2D eigenvalue weighted by Gasteiger charge is -2.15. The molecule has 0 bridgehead atoms. The molecule has 0 aromatic heterocycles. The van der Waals surface area contributed by atoms with E-state index in [1.165, 1.54) is 38.5 Å². The number of carbonyl (C=O) groups excluding carboxylic acids is 1. The van der Waals surface area contributed by atoms with Crippen molar-refractivity contribution in [3.05, 3.63) is 167 Å². The quantitative estimate of drug-likeness (QED) is 0.0257. The number of carbonyl (C=O) groups is 4. The number of hydrogen-bond donors (Lipinski definition) is 7. The van der Waals surface area contributed by atoms with Gasteiger partial charge < -0.3 is 50.8 Å². The summed E-state index contributed by atoms with van der Waals surface area (Å²) in [5.74, 6) is 0.535. The second-order valence-electron chi connectivity index (χ2n) is 20.1. The van der Waals surface area contributed by atoms with Gasteiger partial charge in [0.2, 0.25) is 0 Å². The van der Waals surface area contributed by atoms with Crippen LogP contribution in [0.3, 0.4) is 0 Å². The molecule has 1 amide bonds. The summed E-state index contributed by atoms with van der Waals surface area (Å²) in [7, 11) is 0. The van der Waals surface area contributed by atoms with Crippen LogP contribution in [0.1, 0.15) is 89.5 Å². The first-order chi connectivity index (χ1) is 39.7. The van der Waals surface area contributed by atoms with Crippen LogP contribution in [0.2, 0.25) is 25.1 Å². The molecule has 0 aliphatic heterocycles. The Morgan fingerprint density at radius 3 is 1.14 bits per heavy atom. The Hall–Kier alpha value is -4.63. The largest absolute Gasteiger partial charge is 0.486 e. The summed E-state index contributed by atoms with van der Waals surface area (Å²) in [5, 5.41) is 41.4. The van der Waals surface area contributed by atoms with Crippen LogP contribution in [0.15, 0.2) is 109 Å². The van der Waals surface area contributed by atoms with Gasteiger partial charge in [0.15, 0.2) is 5.75 Å². The van der Waals surface area contributed by atoms with Gasteiger partial charge >= 0.3 is 17.9 Å². The third kappa shape index (κ3) is 21.4. The molecule has 6 aromatic rings. The number of halogens is 9. The minimum Gasteiger partial charge on any atom is -0.486 e. The van der Waals surface area contributed by atoms with Gasteiger partial charge in [0, 0.05) is 54.7 Å². The molecule has 3 saturated carbocycles. The van der Waals surface area contributed by atoms with E-state index in [4.69, 9.17) is 87.5 Å². The number of aryl methyl sites for hydroxylation is 2. The Bertz CT molecular complexity index is 3090. The molecular formula is C60H59Br4Cl5N4O10. The molecule has 83 heavy (non-hydrogen) atoms. The summed E-state index contributed by atoms with van der Waals surface area (Å²) in [6, 6.07) is 27.8. The number of anilines is 3. The zero-order chi connectivity index (χ0) is 59.7. The van der Waals surface area contributed by atoms with Gasteiger partial charge in [0.05, 0.1) is 60.1 Å². The van der Waals surface area contributed by atoms with Crippen molar-refractivity contribution in [3.8, 4) is 17.2 Å². The predicted octanol–water partition coefficient (Wildman–Crippen LogP) is 17.4. The van der Waals surface area contributed by atoms with E-state index < -0.39 is 30.4 Å². The molecule has 0 atom stereocenters. The standard InChI is InChI=1S/C20H19Br2ClN2O4.C20H20Br2ClNO3.C20H20Cl3NO3/c21-14-6-13(20(28)25-9-17(26)27)7-15(22)19(14)29-10-12-2-1-3-16(18(12)23)24-8-11-4-5-11;2*21-15-8-13(6-7-18(25)26)9-16(22)20(15)27-11-14-2-1-3-17(19(14)23)24-10-12-4-5-12/h1-3,6-7,11,24H,4-5,8-10H2,(H,25,28)(H,26,27);2*1-3,8-9,12,24H,4-7,10-11H2,(H,25,26). The van der Waals surface area contributed by atoms with Gasteiger partial charge in [-0.1, -0.05) is 94.4 Å². The van der Waals surface area contributed by atoms with E-state index in [9.17, 15) is 19.2 Å². The second kappa shape index (κ2) is 32.2. The topological polar surface area (TPSA) is 205 Å². The van der Waals surface area contributed by atoms with Crippen molar-refractivity contribution >= 4 is 163 Å². The lowest BCUT2D eigenvalue weighted by molar-refractivity contribution is -0.138. The van der Waals surface area contributed by atoms with E-state index in [-0.39, 0.29) is 26.1 Å². The minimum atomic E-state index is -1.11. The maximum absolute atomic E-state index is 12.1. The van der Waals surface area contributed by atoms with Crippen LogP contribution in [-0.4, -0.2) is 65.3 Å². The number of aliphatic carboxylic acids is 3. The molecule has 0 unspecified atom stereocenters. The zero-order valence-electron chi connectivity index (χ0n) is 44.5. The first kappa shape index (κ1) is 65.9. The predicted molar refractivity (Wildman–Crippen MR) is 343 cm³/mol. The molecule has 7 N–H and O–H groups in total. The number of benzene rings is 6. The fourth-order valence-electron chi connectivity index (χ4n) is 8.04. The van der Waals surface area contributed by atoms with E-state index in [0.717, 1.165) is 91.2 Å². The van der Waals surface area contributed by atoms with Gasteiger partial charge in [-0.05, 0) is 199 Å². The van der Waals surface area contributed by atoms with Crippen molar-refractivity contribution in [1.29, 1.82) is 0 Å². The Balaban J connectivity index is 0.000000179. The van der Waals surface area contributed by atoms with Crippen molar-refractivity contribution in [1.82, 2.24) is 5.32 Å². The molecule has 3 aliphatic carbocycles. The highest BCUT2D eigenvalue weighted by Crippen LogP contribution is 2.41. The van der Waals surface area contributed by atoms with Crippen molar-refractivity contribution in [2.75, 3.05) is 42.1 Å². The average Bonchev–Trinajstić information content (AvgIpc) is 4.37. The van der Waals surface area contributed by atoms with Gasteiger partial charge in [0.25, 0.3) is 5.91 Å². The van der Waals surface area contributed by atoms with Gasteiger partial charge in [0.1, 0.15) is 37.9 Å². The van der Waals surface area contributed by atoms with Crippen LogP contribution in [0, 0.1) is 17.8 Å². The van der Waals surface area contributed by atoms with Crippen LogP contribution in [-0.2, 0) is 47.0 Å². The highest BCUT2D eigenvalue weighted by atomic mass is 79.9. The number of ether oxygens (including phenoxy) is 3. The fraction of sp³-hybridized carbons (Fsp3) is 0.333. The number of nitrogens with one attached hydrogen (secondary N) is 4. The summed E-state index contributed by atoms with van der Waals surface area (Å²) in [5.41, 5.74) is 7.29. The smallest absolute Gasteiger partial charge is 0.322 e. The maximum atomic E-state index is 12.1. The van der Waals surface area contributed by atoms with Crippen LogP contribution in [0.5, 0.6) is 17.2 Å². The summed E-state index contributed by atoms with van der Waals surface area (Å²) in [6.07, 6.45) is 8.58. The molecular weight excluding hydrogens is 1430 g/mol. The zero-order valence-corrected chi connectivity index (χ0v) is 54.6. The number of carboxylic acids is 3. The molecule has 6 aromatic carbocycles. The Kier molecular flexibility index (Phi) is 25.6. The molecule has 3 aliphatic rings. The first-order valence-corrected chi connectivity index (χ1v) is 31.6. The van der Waals surface area contributed by atoms with Crippen LogP contribution in [0.25, 0.3) is 0 Å².